The van der Waals surface area contributed by atoms with E-state index in [9.17, 15) is 9.59 Å². The molecule has 2 saturated heterocycles. The quantitative estimate of drug-likeness (QED) is 0.764. The third-order valence-electron chi connectivity index (χ3n) is 6.69. The highest BCUT2D eigenvalue weighted by Crippen LogP contribution is 2.32. The molecule has 2 aromatic rings. The lowest BCUT2D eigenvalue weighted by molar-refractivity contribution is -0.142. The highest BCUT2D eigenvalue weighted by atomic mass is 16.2. The minimum atomic E-state index is -0.121. The standard InChI is InChI=1S/C26H33N3O2/c1-20-7-6-10-23(15-20)24-16-25(19-29(18-24)21(2)30)26(31)28-13-11-27(12-14-28)17-22-8-4-3-5-9-22/h3-10,15,24-25H,11-14,16-19H2,1-2H3/t24-,25-/m0/s1. The van der Waals surface area contributed by atoms with Crippen molar-refractivity contribution < 1.29 is 9.59 Å². The fourth-order valence-corrected chi connectivity index (χ4v) is 4.93. The van der Waals surface area contributed by atoms with Gasteiger partial charge in [-0.3, -0.25) is 14.5 Å². The van der Waals surface area contributed by atoms with Gasteiger partial charge in [0.15, 0.2) is 0 Å². The number of benzene rings is 2. The number of nitrogens with zero attached hydrogens (tertiary/aromatic N) is 3. The minimum Gasteiger partial charge on any atom is -0.342 e. The molecule has 2 fully saturated rings. The summed E-state index contributed by atoms with van der Waals surface area (Å²) in [7, 11) is 0. The minimum absolute atomic E-state index is 0.0582. The second-order valence-corrected chi connectivity index (χ2v) is 9.05. The van der Waals surface area contributed by atoms with E-state index in [0.717, 1.165) is 39.1 Å². The first kappa shape index (κ1) is 21.6. The van der Waals surface area contributed by atoms with Crippen molar-refractivity contribution in [2.45, 2.75) is 32.7 Å². The number of hydrogen-bond acceptors (Lipinski definition) is 3. The molecular formula is C26H33N3O2. The van der Waals surface area contributed by atoms with E-state index < -0.39 is 0 Å². The molecule has 4 rings (SSSR count). The van der Waals surface area contributed by atoms with Crippen LogP contribution in [0.5, 0.6) is 0 Å². The lowest BCUT2D eigenvalue weighted by Gasteiger charge is -2.41. The number of amides is 2. The van der Waals surface area contributed by atoms with Gasteiger partial charge >= 0.3 is 0 Å². The Labute approximate surface area is 185 Å². The van der Waals surface area contributed by atoms with E-state index >= 15 is 0 Å². The van der Waals surface area contributed by atoms with E-state index in [1.807, 2.05) is 15.9 Å². The van der Waals surface area contributed by atoms with Crippen molar-refractivity contribution in [3.63, 3.8) is 0 Å². The van der Waals surface area contributed by atoms with Gasteiger partial charge in [0.2, 0.25) is 11.8 Å². The van der Waals surface area contributed by atoms with E-state index in [-0.39, 0.29) is 23.7 Å². The summed E-state index contributed by atoms with van der Waals surface area (Å²) in [5.74, 6) is 0.362. The second kappa shape index (κ2) is 9.65. The summed E-state index contributed by atoms with van der Waals surface area (Å²) >= 11 is 0. The molecule has 0 aromatic heterocycles. The molecule has 5 heteroatoms. The molecule has 31 heavy (non-hydrogen) atoms. The maximum atomic E-state index is 13.4. The second-order valence-electron chi connectivity index (χ2n) is 9.05. The average molecular weight is 420 g/mol. The van der Waals surface area contributed by atoms with Crippen LogP contribution in [0.15, 0.2) is 54.6 Å². The van der Waals surface area contributed by atoms with Crippen LogP contribution >= 0.6 is 0 Å². The molecular weight excluding hydrogens is 386 g/mol. The van der Waals surface area contributed by atoms with E-state index in [1.54, 1.807) is 6.92 Å². The molecule has 0 radical (unpaired) electrons. The molecule has 0 saturated carbocycles. The zero-order valence-electron chi connectivity index (χ0n) is 18.7. The Bertz CT molecular complexity index is 906. The van der Waals surface area contributed by atoms with Crippen molar-refractivity contribution in [1.29, 1.82) is 0 Å². The maximum Gasteiger partial charge on any atom is 0.227 e. The van der Waals surface area contributed by atoms with Crippen molar-refractivity contribution >= 4 is 11.8 Å². The van der Waals surface area contributed by atoms with Gasteiger partial charge in [0.25, 0.3) is 0 Å². The summed E-state index contributed by atoms with van der Waals surface area (Å²) in [6.07, 6.45) is 0.816. The molecule has 2 aliphatic rings. The Morgan fingerprint density at radius 1 is 0.903 bits per heavy atom. The highest BCUT2D eigenvalue weighted by Gasteiger charge is 2.36. The SMILES string of the molecule is CC(=O)N1C[C@@H](C(=O)N2CCN(Cc3ccccc3)CC2)C[C@H](c2cccc(C)c2)C1. The lowest BCUT2D eigenvalue weighted by Crippen LogP contribution is -2.53. The van der Waals surface area contributed by atoms with Crippen LogP contribution in [-0.2, 0) is 16.1 Å². The molecule has 2 amide bonds. The van der Waals surface area contributed by atoms with Crippen molar-refractivity contribution in [2.24, 2.45) is 5.92 Å². The summed E-state index contributed by atoms with van der Waals surface area (Å²) in [4.78, 5) is 31.9. The predicted molar refractivity (Wildman–Crippen MR) is 123 cm³/mol. The average Bonchev–Trinajstić information content (AvgIpc) is 2.79. The first-order chi connectivity index (χ1) is 15.0. The molecule has 164 valence electrons. The van der Waals surface area contributed by atoms with Gasteiger partial charge in [0.1, 0.15) is 0 Å². The Balaban J connectivity index is 1.39. The zero-order valence-corrected chi connectivity index (χ0v) is 18.7. The lowest BCUT2D eigenvalue weighted by atomic mass is 9.83. The van der Waals surface area contributed by atoms with E-state index in [4.69, 9.17) is 0 Å². The van der Waals surface area contributed by atoms with Gasteiger partial charge in [-0.15, -0.1) is 0 Å². The molecule has 0 unspecified atom stereocenters. The summed E-state index contributed by atoms with van der Waals surface area (Å²) < 4.78 is 0. The molecule has 2 heterocycles. The number of carbonyl (C=O) groups excluding carboxylic acids is 2. The number of aryl methyl sites for hydroxylation is 1. The van der Waals surface area contributed by atoms with E-state index in [1.165, 1.54) is 16.7 Å². The largest absolute Gasteiger partial charge is 0.342 e. The van der Waals surface area contributed by atoms with Gasteiger partial charge in [-0.1, -0.05) is 60.2 Å². The van der Waals surface area contributed by atoms with Crippen molar-refractivity contribution in [2.75, 3.05) is 39.3 Å². The van der Waals surface area contributed by atoms with Crippen LogP contribution in [0.1, 0.15) is 36.0 Å². The Morgan fingerprint density at radius 2 is 1.65 bits per heavy atom. The van der Waals surface area contributed by atoms with Gasteiger partial charge in [-0.2, -0.15) is 0 Å². The number of likely N-dealkylation sites (tertiary alicyclic amines) is 1. The van der Waals surface area contributed by atoms with Gasteiger partial charge in [0.05, 0.1) is 5.92 Å². The molecule has 5 nitrogen and oxygen atoms in total. The monoisotopic (exact) mass is 419 g/mol. The predicted octanol–water partition coefficient (Wildman–Crippen LogP) is 3.29. The summed E-state index contributed by atoms with van der Waals surface area (Å²) in [5, 5.41) is 0. The smallest absolute Gasteiger partial charge is 0.227 e. The fourth-order valence-electron chi connectivity index (χ4n) is 4.93. The van der Waals surface area contributed by atoms with Gasteiger partial charge in [0, 0.05) is 58.7 Å². The highest BCUT2D eigenvalue weighted by molar-refractivity contribution is 5.81. The number of rotatable bonds is 4. The van der Waals surface area contributed by atoms with Gasteiger partial charge in [-0.25, -0.2) is 0 Å². The number of piperidine rings is 1. The summed E-state index contributed by atoms with van der Waals surface area (Å²) in [5.41, 5.74) is 3.76. The maximum absolute atomic E-state index is 13.4. The number of hydrogen-bond donors (Lipinski definition) is 0. The Hall–Kier alpha value is -2.66. The first-order valence-electron chi connectivity index (χ1n) is 11.4. The summed E-state index contributed by atoms with van der Waals surface area (Å²) in [6.45, 7) is 9.19. The van der Waals surface area contributed by atoms with Crippen LogP contribution in [0.2, 0.25) is 0 Å². The molecule has 2 atom stereocenters. The van der Waals surface area contributed by atoms with Gasteiger partial charge in [-0.05, 0) is 24.5 Å². The molecule has 0 N–H and O–H groups in total. The van der Waals surface area contributed by atoms with Crippen molar-refractivity contribution in [3.05, 3.63) is 71.3 Å². The summed E-state index contributed by atoms with van der Waals surface area (Å²) in [6, 6.07) is 19.0. The fraction of sp³-hybridized carbons (Fsp3) is 0.462. The van der Waals surface area contributed by atoms with Crippen LogP contribution in [0.25, 0.3) is 0 Å². The first-order valence-corrected chi connectivity index (χ1v) is 11.4. The van der Waals surface area contributed by atoms with Crippen LogP contribution in [0.3, 0.4) is 0 Å². The molecule has 2 aromatic carbocycles. The third-order valence-corrected chi connectivity index (χ3v) is 6.69. The van der Waals surface area contributed by atoms with Crippen LogP contribution in [0, 0.1) is 12.8 Å². The van der Waals surface area contributed by atoms with Crippen LogP contribution in [-0.4, -0.2) is 65.8 Å². The Kier molecular flexibility index (Phi) is 6.71. The third kappa shape index (κ3) is 5.34. The van der Waals surface area contributed by atoms with Crippen molar-refractivity contribution in [3.8, 4) is 0 Å². The van der Waals surface area contributed by atoms with Crippen LogP contribution in [0.4, 0.5) is 0 Å². The molecule has 0 aliphatic carbocycles. The van der Waals surface area contributed by atoms with E-state index in [2.05, 4.69) is 60.4 Å². The van der Waals surface area contributed by atoms with Crippen LogP contribution < -0.4 is 0 Å². The zero-order chi connectivity index (χ0) is 21.8. The van der Waals surface area contributed by atoms with E-state index in [0.29, 0.717) is 13.1 Å². The van der Waals surface area contributed by atoms with Gasteiger partial charge < -0.3 is 9.80 Å². The normalized spacial score (nSPS) is 22.4. The number of piperazine rings is 1. The molecule has 0 bridgehead atoms. The van der Waals surface area contributed by atoms with Crippen molar-refractivity contribution in [1.82, 2.24) is 14.7 Å². The number of carbonyl (C=O) groups is 2. The molecule has 2 aliphatic heterocycles. The molecule has 0 spiro atoms. The topological polar surface area (TPSA) is 43.9 Å². The Morgan fingerprint density at radius 3 is 2.32 bits per heavy atom.